The molecule has 1 heterocycles. The first-order valence-electron chi connectivity index (χ1n) is 14.3. The SMILES string of the molecule is CCCCCCCCCCCc1ccc(-c2ncc(OCC(F)CCC(C)CCCC)cn2)cc1. The number of hydrogen-bond acceptors (Lipinski definition) is 3. The third-order valence-electron chi connectivity index (χ3n) is 6.86. The molecule has 0 aliphatic carbocycles. The Morgan fingerprint density at radius 3 is 1.97 bits per heavy atom. The van der Waals surface area contributed by atoms with Gasteiger partial charge in [-0.05, 0) is 37.2 Å². The second-order valence-corrected chi connectivity index (χ2v) is 10.3. The Morgan fingerprint density at radius 1 is 0.743 bits per heavy atom. The number of unbranched alkanes of at least 4 members (excludes halogenated alkanes) is 9. The molecule has 3 nitrogen and oxygen atoms in total. The maximum Gasteiger partial charge on any atom is 0.159 e. The molecule has 2 atom stereocenters. The molecule has 0 fully saturated rings. The summed E-state index contributed by atoms with van der Waals surface area (Å²) in [4.78, 5) is 8.86. The fourth-order valence-corrected chi connectivity index (χ4v) is 4.43. The van der Waals surface area contributed by atoms with Crippen molar-refractivity contribution in [3.05, 3.63) is 42.2 Å². The minimum atomic E-state index is -0.947. The highest BCUT2D eigenvalue weighted by atomic mass is 19.1. The molecule has 2 unspecified atom stereocenters. The zero-order valence-corrected chi connectivity index (χ0v) is 22.6. The van der Waals surface area contributed by atoms with Crippen LogP contribution in [-0.2, 0) is 6.42 Å². The normalized spacial score (nSPS) is 13.0. The van der Waals surface area contributed by atoms with Gasteiger partial charge in [0.25, 0.3) is 0 Å². The molecular formula is C31H49FN2O. The van der Waals surface area contributed by atoms with E-state index in [2.05, 4.69) is 55.0 Å². The van der Waals surface area contributed by atoms with Gasteiger partial charge in [0, 0.05) is 5.56 Å². The summed E-state index contributed by atoms with van der Waals surface area (Å²) in [6, 6.07) is 8.55. The summed E-state index contributed by atoms with van der Waals surface area (Å²) in [5, 5.41) is 0. The summed E-state index contributed by atoms with van der Waals surface area (Å²) in [7, 11) is 0. The summed E-state index contributed by atoms with van der Waals surface area (Å²) in [6.07, 6.45) is 20.8. The van der Waals surface area contributed by atoms with Crippen LogP contribution >= 0.6 is 0 Å². The Hall–Kier alpha value is -1.97. The summed E-state index contributed by atoms with van der Waals surface area (Å²) < 4.78 is 19.8. The van der Waals surface area contributed by atoms with Gasteiger partial charge in [-0.3, -0.25) is 0 Å². The molecule has 196 valence electrons. The fourth-order valence-electron chi connectivity index (χ4n) is 4.43. The summed E-state index contributed by atoms with van der Waals surface area (Å²) in [5.41, 5.74) is 2.37. The van der Waals surface area contributed by atoms with Crippen molar-refractivity contribution in [2.24, 2.45) is 5.92 Å². The van der Waals surface area contributed by atoms with Gasteiger partial charge in [0.2, 0.25) is 0 Å². The van der Waals surface area contributed by atoms with Crippen LogP contribution in [0.4, 0.5) is 4.39 Å². The lowest BCUT2D eigenvalue weighted by Crippen LogP contribution is -2.14. The van der Waals surface area contributed by atoms with E-state index in [-0.39, 0.29) is 6.61 Å². The van der Waals surface area contributed by atoms with E-state index in [1.807, 2.05) is 0 Å². The van der Waals surface area contributed by atoms with Crippen LogP contribution in [0.15, 0.2) is 36.7 Å². The predicted molar refractivity (Wildman–Crippen MR) is 147 cm³/mol. The molecule has 0 saturated carbocycles. The third kappa shape index (κ3) is 13.1. The van der Waals surface area contributed by atoms with Crippen molar-refractivity contribution in [3.8, 4) is 17.1 Å². The molecule has 0 saturated heterocycles. The lowest BCUT2D eigenvalue weighted by atomic mass is 9.98. The zero-order chi connectivity index (χ0) is 25.1. The first-order chi connectivity index (χ1) is 17.1. The van der Waals surface area contributed by atoms with Crippen LogP contribution in [0.2, 0.25) is 0 Å². The van der Waals surface area contributed by atoms with Gasteiger partial charge in [0.1, 0.15) is 12.8 Å². The molecule has 0 aliphatic heterocycles. The average Bonchev–Trinajstić information content (AvgIpc) is 2.89. The Kier molecular flexibility index (Phi) is 15.3. The van der Waals surface area contributed by atoms with Crippen molar-refractivity contribution in [2.45, 2.75) is 123 Å². The zero-order valence-electron chi connectivity index (χ0n) is 22.6. The summed E-state index contributed by atoms with van der Waals surface area (Å²) in [5.74, 6) is 1.78. The smallest absolute Gasteiger partial charge is 0.159 e. The molecule has 0 amide bonds. The molecule has 35 heavy (non-hydrogen) atoms. The van der Waals surface area contributed by atoms with Crippen molar-refractivity contribution >= 4 is 0 Å². The van der Waals surface area contributed by atoms with E-state index < -0.39 is 6.17 Å². The van der Waals surface area contributed by atoms with Gasteiger partial charge in [-0.15, -0.1) is 0 Å². The van der Waals surface area contributed by atoms with Gasteiger partial charge < -0.3 is 4.74 Å². The molecule has 1 aromatic heterocycles. The Morgan fingerprint density at radius 2 is 1.34 bits per heavy atom. The number of aryl methyl sites for hydroxylation is 1. The number of alkyl halides is 1. The maximum absolute atomic E-state index is 14.2. The molecule has 0 bridgehead atoms. The summed E-state index contributed by atoms with van der Waals surface area (Å²) in [6.45, 7) is 6.74. The molecule has 0 radical (unpaired) electrons. The van der Waals surface area contributed by atoms with Crippen LogP contribution in [-0.4, -0.2) is 22.7 Å². The van der Waals surface area contributed by atoms with Crippen LogP contribution in [0.3, 0.4) is 0 Å². The standard InChI is InChI=1S/C31H49FN2O/c1-4-6-8-9-10-11-12-13-14-16-27-18-20-28(21-19-27)31-33-23-30(24-34-31)35-25-29(32)22-17-26(3)15-7-5-2/h18-21,23-24,26,29H,4-17,22,25H2,1-3H3. The number of rotatable bonds is 20. The Balaban J connectivity index is 1.64. The van der Waals surface area contributed by atoms with Crippen molar-refractivity contribution < 1.29 is 9.13 Å². The van der Waals surface area contributed by atoms with E-state index in [9.17, 15) is 4.39 Å². The highest BCUT2D eigenvalue weighted by Crippen LogP contribution is 2.20. The van der Waals surface area contributed by atoms with Crippen molar-refractivity contribution in [2.75, 3.05) is 6.61 Å². The summed E-state index contributed by atoms with van der Waals surface area (Å²) >= 11 is 0. The second-order valence-electron chi connectivity index (χ2n) is 10.3. The Bertz CT molecular complexity index is 763. The first kappa shape index (κ1) is 29.3. The topological polar surface area (TPSA) is 35.0 Å². The minimum Gasteiger partial charge on any atom is -0.487 e. The monoisotopic (exact) mass is 484 g/mol. The molecular weight excluding hydrogens is 435 g/mol. The minimum absolute atomic E-state index is 0.0662. The molecule has 0 aliphatic rings. The van der Waals surface area contributed by atoms with E-state index in [1.165, 1.54) is 82.6 Å². The number of hydrogen-bond donors (Lipinski definition) is 0. The Labute approximate surface area is 214 Å². The predicted octanol–water partition coefficient (Wildman–Crippen LogP) is 9.54. The van der Waals surface area contributed by atoms with E-state index >= 15 is 0 Å². The van der Waals surface area contributed by atoms with Gasteiger partial charge >= 0.3 is 0 Å². The van der Waals surface area contributed by atoms with Crippen molar-refractivity contribution in [1.82, 2.24) is 9.97 Å². The number of ether oxygens (including phenoxy) is 1. The highest BCUT2D eigenvalue weighted by molar-refractivity contribution is 5.55. The molecule has 2 rings (SSSR count). The van der Waals surface area contributed by atoms with E-state index in [0.29, 0.717) is 23.9 Å². The number of halogens is 1. The number of benzene rings is 1. The second kappa shape index (κ2) is 18.3. The number of aromatic nitrogens is 2. The maximum atomic E-state index is 14.2. The van der Waals surface area contributed by atoms with E-state index in [1.54, 1.807) is 12.4 Å². The molecule has 0 N–H and O–H groups in total. The van der Waals surface area contributed by atoms with Gasteiger partial charge in [0.05, 0.1) is 12.4 Å². The van der Waals surface area contributed by atoms with Gasteiger partial charge in [-0.1, -0.05) is 116 Å². The van der Waals surface area contributed by atoms with Crippen molar-refractivity contribution in [1.29, 1.82) is 0 Å². The van der Waals surface area contributed by atoms with E-state index in [4.69, 9.17) is 4.74 Å². The molecule has 2 aromatic rings. The number of nitrogens with zero attached hydrogens (tertiary/aromatic N) is 2. The third-order valence-corrected chi connectivity index (χ3v) is 6.86. The van der Waals surface area contributed by atoms with Crippen LogP contribution in [0.5, 0.6) is 5.75 Å². The van der Waals surface area contributed by atoms with Crippen molar-refractivity contribution in [3.63, 3.8) is 0 Å². The lowest BCUT2D eigenvalue weighted by Gasteiger charge is -2.14. The van der Waals surface area contributed by atoms with Crippen LogP contribution in [0, 0.1) is 5.92 Å². The van der Waals surface area contributed by atoms with Crippen LogP contribution < -0.4 is 4.74 Å². The highest BCUT2D eigenvalue weighted by Gasteiger charge is 2.11. The fraction of sp³-hybridized carbons (Fsp3) is 0.677. The quantitative estimate of drug-likeness (QED) is 0.175. The van der Waals surface area contributed by atoms with Crippen LogP contribution in [0.25, 0.3) is 11.4 Å². The molecule has 1 aromatic carbocycles. The van der Waals surface area contributed by atoms with Crippen LogP contribution in [0.1, 0.15) is 116 Å². The average molecular weight is 485 g/mol. The molecule has 0 spiro atoms. The lowest BCUT2D eigenvalue weighted by molar-refractivity contribution is 0.177. The van der Waals surface area contributed by atoms with Gasteiger partial charge in [-0.25, -0.2) is 14.4 Å². The van der Waals surface area contributed by atoms with Gasteiger partial charge in [-0.2, -0.15) is 0 Å². The molecule has 4 heteroatoms. The first-order valence-corrected chi connectivity index (χ1v) is 14.3. The van der Waals surface area contributed by atoms with Gasteiger partial charge in [0.15, 0.2) is 11.6 Å². The van der Waals surface area contributed by atoms with E-state index in [0.717, 1.165) is 18.4 Å². The largest absolute Gasteiger partial charge is 0.487 e.